The summed E-state index contributed by atoms with van der Waals surface area (Å²) in [5.41, 5.74) is 7.77. The van der Waals surface area contributed by atoms with Crippen molar-refractivity contribution in [1.82, 2.24) is 15.4 Å². The monoisotopic (exact) mass is 427 g/mol. The molecule has 1 fully saturated rings. The molecule has 2 aliphatic rings. The van der Waals surface area contributed by atoms with Gasteiger partial charge in [0.25, 0.3) is 5.91 Å². The average molecular weight is 428 g/mol. The number of para-hydroxylation sites is 1. The molecule has 32 heavy (non-hydrogen) atoms. The number of carbonyl (C=O) groups is 1. The van der Waals surface area contributed by atoms with E-state index in [4.69, 9.17) is 5.21 Å². The molecule has 2 aromatic carbocycles. The number of hydrogen-bond acceptors (Lipinski definition) is 3. The van der Waals surface area contributed by atoms with E-state index in [0.29, 0.717) is 18.0 Å². The van der Waals surface area contributed by atoms with Gasteiger partial charge in [-0.3, -0.25) is 14.9 Å². The first-order valence-corrected chi connectivity index (χ1v) is 11.3. The van der Waals surface area contributed by atoms with Crippen molar-refractivity contribution < 1.29 is 10.0 Å². The Morgan fingerprint density at radius 2 is 2.03 bits per heavy atom. The average Bonchev–Trinajstić information content (AvgIpc) is 3.48. The van der Waals surface area contributed by atoms with Gasteiger partial charge in [0.2, 0.25) is 0 Å². The summed E-state index contributed by atoms with van der Waals surface area (Å²) in [6.07, 6.45) is 11.2. The van der Waals surface area contributed by atoms with Gasteiger partial charge >= 0.3 is 0 Å². The third kappa shape index (κ3) is 4.01. The molecule has 0 unspecified atom stereocenters. The predicted octanol–water partition coefficient (Wildman–Crippen LogP) is 4.76. The minimum Gasteiger partial charge on any atom is -0.358 e. The summed E-state index contributed by atoms with van der Waals surface area (Å²) in [6.45, 7) is 3.11. The zero-order chi connectivity index (χ0) is 22.1. The molecule has 3 N–H and O–H groups in total. The van der Waals surface area contributed by atoms with Crippen LogP contribution < -0.4 is 5.48 Å². The van der Waals surface area contributed by atoms with Gasteiger partial charge in [0.15, 0.2) is 0 Å². The Hall–Kier alpha value is -3.15. The van der Waals surface area contributed by atoms with Crippen LogP contribution in [-0.4, -0.2) is 33.1 Å². The summed E-state index contributed by atoms with van der Waals surface area (Å²) in [5, 5.41) is 9.97. The van der Waals surface area contributed by atoms with Crippen molar-refractivity contribution in [2.75, 3.05) is 0 Å². The highest BCUT2D eigenvalue weighted by atomic mass is 16.5. The Labute approximate surface area is 188 Å². The highest BCUT2D eigenvalue weighted by Gasteiger charge is 2.41. The summed E-state index contributed by atoms with van der Waals surface area (Å²) in [5.74, 6) is 0.185. The van der Waals surface area contributed by atoms with Gasteiger partial charge in [0.1, 0.15) is 0 Å². The number of nitrogens with one attached hydrogen (secondary N) is 2. The summed E-state index contributed by atoms with van der Waals surface area (Å²) in [7, 11) is 0. The zero-order valence-electron chi connectivity index (χ0n) is 18.3. The van der Waals surface area contributed by atoms with Gasteiger partial charge in [-0.05, 0) is 60.9 Å². The number of amides is 1. The number of aryl methyl sites for hydroxylation is 1. The van der Waals surface area contributed by atoms with E-state index in [1.54, 1.807) is 11.6 Å². The third-order valence-electron chi connectivity index (χ3n) is 7.03. The lowest BCUT2D eigenvalue weighted by Gasteiger charge is -2.29. The van der Waals surface area contributed by atoms with Crippen LogP contribution in [0.5, 0.6) is 0 Å². The van der Waals surface area contributed by atoms with E-state index in [1.807, 2.05) is 12.1 Å². The highest BCUT2D eigenvalue weighted by Crippen LogP contribution is 2.40. The summed E-state index contributed by atoms with van der Waals surface area (Å²) >= 11 is 0. The molecular weight excluding hydrogens is 398 g/mol. The third-order valence-corrected chi connectivity index (χ3v) is 7.03. The van der Waals surface area contributed by atoms with Crippen LogP contribution in [0.25, 0.3) is 17.0 Å². The number of likely N-dealkylation sites (tertiary alicyclic amines) is 1. The summed E-state index contributed by atoms with van der Waals surface area (Å²) in [4.78, 5) is 17.4. The van der Waals surface area contributed by atoms with Crippen LogP contribution in [0.4, 0.5) is 0 Å². The first-order chi connectivity index (χ1) is 15.6. The second kappa shape index (κ2) is 8.77. The van der Waals surface area contributed by atoms with Crippen LogP contribution in [0.3, 0.4) is 0 Å². The van der Waals surface area contributed by atoms with Gasteiger partial charge in [-0.1, -0.05) is 54.6 Å². The number of aromatic amines is 1. The van der Waals surface area contributed by atoms with Crippen molar-refractivity contribution >= 4 is 22.9 Å². The van der Waals surface area contributed by atoms with E-state index < -0.39 is 5.91 Å². The van der Waals surface area contributed by atoms with Crippen molar-refractivity contribution in [3.05, 3.63) is 89.1 Å². The highest BCUT2D eigenvalue weighted by molar-refractivity contribution is 5.90. The number of rotatable bonds is 6. The number of carbonyl (C=O) groups excluding carboxylic acids is 1. The molecule has 2 heterocycles. The number of H-pyrrole nitrogens is 1. The molecule has 0 spiro atoms. The fraction of sp³-hybridized carbons (Fsp3) is 0.296. The van der Waals surface area contributed by atoms with Gasteiger partial charge in [0.05, 0.1) is 0 Å². The van der Waals surface area contributed by atoms with E-state index in [1.165, 1.54) is 46.6 Å². The number of nitrogens with zero attached hydrogens (tertiary/aromatic N) is 1. The van der Waals surface area contributed by atoms with Crippen LogP contribution >= 0.6 is 0 Å². The fourth-order valence-electron chi connectivity index (χ4n) is 5.46. The smallest absolute Gasteiger partial charge is 0.267 e. The Kier molecular flexibility index (Phi) is 5.68. The molecular formula is C27H29N3O2. The van der Waals surface area contributed by atoms with Crippen molar-refractivity contribution in [2.45, 2.75) is 44.8 Å². The lowest BCUT2D eigenvalue weighted by molar-refractivity contribution is -0.124. The molecule has 0 saturated carbocycles. The van der Waals surface area contributed by atoms with Gasteiger partial charge < -0.3 is 4.98 Å². The molecule has 1 aliphatic carbocycles. The number of hydrogen-bond donors (Lipinski definition) is 3. The minimum absolute atomic E-state index is 0.512. The molecule has 0 bridgehead atoms. The molecule has 5 heteroatoms. The number of hydroxylamine groups is 1. The maximum atomic E-state index is 11.2. The van der Waals surface area contributed by atoms with Gasteiger partial charge in [-0.2, -0.15) is 0 Å². The van der Waals surface area contributed by atoms with Crippen LogP contribution in [0.2, 0.25) is 0 Å². The van der Waals surface area contributed by atoms with Crippen molar-refractivity contribution in [2.24, 2.45) is 5.92 Å². The molecule has 0 radical (unpaired) electrons. The molecule has 5 nitrogen and oxygen atoms in total. The Morgan fingerprint density at radius 1 is 1.22 bits per heavy atom. The Balaban J connectivity index is 1.36. The quantitative estimate of drug-likeness (QED) is 0.230. The van der Waals surface area contributed by atoms with E-state index in [2.05, 4.69) is 65.4 Å². The Morgan fingerprint density at radius 3 is 2.84 bits per heavy atom. The second-order valence-electron chi connectivity index (χ2n) is 9.01. The van der Waals surface area contributed by atoms with E-state index in [-0.39, 0.29) is 0 Å². The minimum atomic E-state index is -0.527. The molecule has 164 valence electrons. The maximum Gasteiger partial charge on any atom is 0.267 e. The first-order valence-electron chi connectivity index (χ1n) is 11.3. The Bertz CT molecular complexity index is 1180. The van der Waals surface area contributed by atoms with Gasteiger partial charge in [0, 0.05) is 41.3 Å². The predicted molar refractivity (Wildman–Crippen MR) is 127 cm³/mol. The maximum absolute atomic E-state index is 11.2. The van der Waals surface area contributed by atoms with Crippen LogP contribution in [0.1, 0.15) is 35.2 Å². The molecule has 1 saturated heterocycles. The van der Waals surface area contributed by atoms with Gasteiger partial charge in [-0.15, -0.1) is 0 Å². The number of allylic oxidation sites excluding steroid dienone is 1. The van der Waals surface area contributed by atoms with E-state index in [9.17, 15) is 4.79 Å². The summed E-state index contributed by atoms with van der Waals surface area (Å²) < 4.78 is 0. The normalized spacial score (nSPS) is 22.8. The lowest BCUT2D eigenvalue weighted by Crippen LogP contribution is -2.36. The van der Waals surface area contributed by atoms with Crippen LogP contribution in [0, 0.1) is 12.8 Å². The molecule has 3 atom stereocenters. The molecule has 3 aromatic rings. The topological polar surface area (TPSA) is 68.4 Å². The molecule has 1 aromatic heterocycles. The fourth-order valence-corrected chi connectivity index (χ4v) is 5.46. The number of aromatic nitrogens is 1. The molecule has 1 aliphatic heterocycles. The van der Waals surface area contributed by atoms with E-state index in [0.717, 1.165) is 18.5 Å². The lowest BCUT2D eigenvalue weighted by atomic mass is 9.96. The largest absolute Gasteiger partial charge is 0.358 e. The van der Waals surface area contributed by atoms with Crippen molar-refractivity contribution in [1.29, 1.82) is 0 Å². The number of benzene rings is 2. The SMILES string of the molecule is Cc1[nH]c2ccccc2c1C[C@H]1C[C@H]2CC=C[C@@H]2N1Cc1ccc(/C=C/C(=O)NO)cc1. The van der Waals surface area contributed by atoms with E-state index >= 15 is 0 Å². The molecule has 1 amide bonds. The number of fused-ring (bicyclic) bond motifs is 2. The van der Waals surface area contributed by atoms with Crippen LogP contribution in [-0.2, 0) is 17.8 Å². The second-order valence-corrected chi connectivity index (χ2v) is 9.01. The van der Waals surface area contributed by atoms with Crippen molar-refractivity contribution in [3.8, 4) is 0 Å². The zero-order valence-corrected chi connectivity index (χ0v) is 18.3. The van der Waals surface area contributed by atoms with Crippen molar-refractivity contribution in [3.63, 3.8) is 0 Å². The first kappa shape index (κ1) is 20.7. The molecule has 5 rings (SSSR count). The van der Waals surface area contributed by atoms with Gasteiger partial charge in [-0.25, -0.2) is 5.48 Å². The van der Waals surface area contributed by atoms with Crippen LogP contribution in [0.15, 0.2) is 66.8 Å². The standard InChI is InChI=1S/C27H29N3O2/c1-18-24(23-6-2-3-7-25(23)28-18)16-22-15-21-5-4-8-26(21)30(22)17-20-11-9-19(10-12-20)13-14-27(31)29-32/h2-4,6-14,21-22,26,28,32H,5,15-17H2,1H3,(H,29,31)/b14-13+/t21-,22-,26+/m1/s1. The summed E-state index contributed by atoms with van der Waals surface area (Å²) in [6, 6.07) is 18.0.